The molecule has 0 atom stereocenters. The smallest absolute Gasteiger partial charge is 0.343 e. The Morgan fingerprint density at radius 1 is 1.20 bits per heavy atom. The Morgan fingerprint density at radius 2 is 1.80 bits per heavy atom. The minimum Gasteiger partial charge on any atom is -0.343 e. The van der Waals surface area contributed by atoms with Crippen LogP contribution in [0.1, 0.15) is 26.9 Å². The molecule has 2 rings (SSSR count). The summed E-state index contributed by atoms with van der Waals surface area (Å²) in [6.45, 7) is -1.30. The number of amides is 1. The molecule has 0 bridgehead atoms. The average Bonchev–Trinajstić information content (AvgIpc) is 2.45. The minimum absolute atomic E-state index is 0.254. The summed E-state index contributed by atoms with van der Waals surface area (Å²) in [4.78, 5) is 11.6. The van der Waals surface area contributed by atoms with Gasteiger partial charge in [0, 0.05) is 5.56 Å². The number of carbonyl (C=O) groups excluding carboxylic acids is 1. The summed E-state index contributed by atoms with van der Waals surface area (Å²) in [5, 5.41) is 1.86. The number of hydrogen-bond acceptors (Lipinski definition) is 3. The summed E-state index contributed by atoms with van der Waals surface area (Å²) in [6, 6.07) is 6.80. The van der Waals surface area contributed by atoms with Gasteiger partial charge in [-0.3, -0.25) is 4.79 Å². The highest BCUT2D eigenvalue weighted by atomic mass is 32.2. The van der Waals surface area contributed by atoms with Crippen molar-refractivity contribution < 1.29 is 18.0 Å². The first-order valence-electron chi connectivity index (χ1n) is 6.14. The first-order valence-corrected chi connectivity index (χ1v) is 8.23. The topological polar surface area (TPSA) is 29.1 Å². The van der Waals surface area contributed by atoms with Crippen molar-refractivity contribution in [1.29, 1.82) is 0 Å². The number of halogens is 3. The van der Waals surface area contributed by atoms with Crippen molar-refractivity contribution in [2.75, 3.05) is 18.1 Å². The Morgan fingerprint density at radius 3 is 2.35 bits per heavy atom. The molecule has 1 saturated heterocycles. The Bertz CT molecular complexity index is 456. The first kappa shape index (κ1) is 15.6. The van der Waals surface area contributed by atoms with Crippen molar-refractivity contribution in [1.82, 2.24) is 5.32 Å². The number of carbonyl (C=O) groups is 1. The van der Waals surface area contributed by atoms with E-state index in [0.717, 1.165) is 17.1 Å². The van der Waals surface area contributed by atoms with Gasteiger partial charge < -0.3 is 5.32 Å². The normalized spacial score (nSPS) is 16.9. The highest BCUT2D eigenvalue weighted by Gasteiger charge is 2.28. The van der Waals surface area contributed by atoms with Crippen molar-refractivity contribution in [3.05, 3.63) is 35.4 Å². The van der Waals surface area contributed by atoms with Crippen LogP contribution in [0.5, 0.6) is 0 Å². The average molecular weight is 321 g/mol. The molecule has 1 heterocycles. The fourth-order valence-electron chi connectivity index (χ4n) is 1.75. The molecular formula is C13H14F3NOS2. The summed E-state index contributed by atoms with van der Waals surface area (Å²) >= 11 is 3.72. The molecule has 0 aromatic heterocycles. The zero-order valence-electron chi connectivity index (χ0n) is 10.6. The number of thioether (sulfide) groups is 2. The van der Waals surface area contributed by atoms with Crippen molar-refractivity contribution >= 4 is 29.4 Å². The Balaban J connectivity index is 1.95. The quantitative estimate of drug-likeness (QED) is 0.917. The van der Waals surface area contributed by atoms with Crippen LogP contribution in [0.25, 0.3) is 0 Å². The lowest BCUT2D eigenvalue weighted by molar-refractivity contribution is -0.123. The predicted octanol–water partition coefficient (Wildman–Crippen LogP) is 3.85. The molecule has 1 aromatic rings. The van der Waals surface area contributed by atoms with Gasteiger partial charge >= 0.3 is 6.18 Å². The van der Waals surface area contributed by atoms with Gasteiger partial charge in [0.05, 0.1) is 4.58 Å². The van der Waals surface area contributed by atoms with Crippen LogP contribution in [0.2, 0.25) is 0 Å². The SMILES string of the molecule is O=C(NCC(F)(F)F)c1ccc(C2SCCCS2)cc1. The summed E-state index contributed by atoms with van der Waals surface area (Å²) in [5.41, 5.74) is 1.36. The molecule has 0 saturated carbocycles. The molecule has 1 N–H and O–H groups in total. The van der Waals surface area contributed by atoms with Gasteiger partial charge in [0.2, 0.25) is 0 Å². The maximum atomic E-state index is 12.0. The molecule has 1 aliphatic heterocycles. The van der Waals surface area contributed by atoms with E-state index in [1.807, 2.05) is 41.0 Å². The van der Waals surface area contributed by atoms with E-state index < -0.39 is 18.6 Å². The van der Waals surface area contributed by atoms with Gasteiger partial charge in [-0.25, -0.2) is 0 Å². The third kappa shape index (κ3) is 4.63. The fourth-order valence-corrected chi connectivity index (χ4v) is 4.65. The molecule has 110 valence electrons. The number of hydrogen-bond donors (Lipinski definition) is 1. The Labute approximate surface area is 123 Å². The highest BCUT2D eigenvalue weighted by molar-refractivity contribution is 8.16. The van der Waals surface area contributed by atoms with Gasteiger partial charge in [-0.2, -0.15) is 13.2 Å². The maximum Gasteiger partial charge on any atom is 0.405 e. The van der Waals surface area contributed by atoms with Crippen LogP contribution in [0.15, 0.2) is 24.3 Å². The van der Waals surface area contributed by atoms with Crippen LogP contribution >= 0.6 is 23.5 Å². The van der Waals surface area contributed by atoms with E-state index >= 15 is 0 Å². The van der Waals surface area contributed by atoms with Crippen molar-refractivity contribution in [2.45, 2.75) is 17.2 Å². The largest absolute Gasteiger partial charge is 0.405 e. The first-order chi connectivity index (χ1) is 9.46. The predicted molar refractivity (Wildman–Crippen MR) is 77.1 cm³/mol. The second-order valence-corrected chi connectivity index (χ2v) is 7.07. The summed E-state index contributed by atoms with van der Waals surface area (Å²) in [5.74, 6) is 1.54. The molecule has 0 unspecified atom stereocenters. The lowest BCUT2D eigenvalue weighted by atomic mass is 10.1. The molecule has 1 amide bonds. The number of rotatable bonds is 3. The third-order valence-electron chi connectivity index (χ3n) is 2.72. The van der Waals surface area contributed by atoms with Crippen LogP contribution in [0.4, 0.5) is 13.2 Å². The molecule has 1 aromatic carbocycles. The molecule has 20 heavy (non-hydrogen) atoms. The zero-order valence-corrected chi connectivity index (χ0v) is 12.2. The lowest BCUT2D eigenvalue weighted by Crippen LogP contribution is -2.33. The van der Waals surface area contributed by atoms with Crippen LogP contribution in [0.3, 0.4) is 0 Å². The summed E-state index contributed by atoms with van der Waals surface area (Å²) in [7, 11) is 0. The van der Waals surface area contributed by atoms with E-state index in [9.17, 15) is 18.0 Å². The van der Waals surface area contributed by atoms with Crippen LogP contribution in [-0.2, 0) is 0 Å². The molecule has 2 nitrogen and oxygen atoms in total. The molecule has 0 radical (unpaired) electrons. The monoisotopic (exact) mass is 321 g/mol. The third-order valence-corrected chi connectivity index (χ3v) is 5.74. The van der Waals surface area contributed by atoms with Crippen molar-refractivity contribution in [3.8, 4) is 0 Å². The molecule has 1 fully saturated rings. The van der Waals surface area contributed by atoms with E-state index in [-0.39, 0.29) is 5.56 Å². The highest BCUT2D eigenvalue weighted by Crippen LogP contribution is 2.43. The van der Waals surface area contributed by atoms with E-state index in [1.54, 1.807) is 12.1 Å². The van der Waals surface area contributed by atoms with Crippen molar-refractivity contribution in [3.63, 3.8) is 0 Å². The summed E-state index contributed by atoms with van der Waals surface area (Å²) < 4.78 is 36.4. The van der Waals surface area contributed by atoms with E-state index in [4.69, 9.17) is 0 Å². The minimum atomic E-state index is -4.38. The van der Waals surface area contributed by atoms with Crippen molar-refractivity contribution in [2.24, 2.45) is 0 Å². The standard InChI is InChI=1S/C13H14F3NOS2/c14-13(15,16)8-17-11(18)9-2-4-10(5-3-9)12-19-6-1-7-20-12/h2-5,12H,1,6-8H2,(H,17,18). The second kappa shape index (κ2) is 6.76. The fraction of sp³-hybridized carbons (Fsp3) is 0.462. The number of alkyl halides is 3. The maximum absolute atomic E-state index is 12.0. The van der Waals surface area contributed by atoms with Gasteiger partial charge in [0.25, 0.3) is 5.91 Å². The molecule has 0 aliphatic carbocycles. The number of nitrogens with one attached hydrogen (secondary N) is 1. The molecule has 7 heteroatoms. The molecule has 1 aliphatic rings. The number of benzene rings is 1. The van der Waals surface area contributed by atoms with E-state index in [0.29, 0.717) is 4.58 Å². The van der Waals surface area contributed by atoms with Gasteiger partial charge in [0.15, 0.2) is 0 Å². The Hall–Kier alpha value is -0.820. The van der Waals surface area contributed by atoms with Crippen LogP contribution in [-0.4, -0.2) is 30.1 Å². The van der Waals surface area contributed by atoms with Crippen LogP contribution < -0.4 is 5.32 Å². The summed E-state index contributed by atoms with van der Waals surface area (Å²) in [6.07, 6.45) is -3.19. The lowest BCUT2D eigenvalue weighted by Gasteiger charge is -2.21. The van der Waals surface area contributed by atoms with Gasteiger partial charge in [0.1, 0.15) is 6.54 Å². The van der Waals surface area contributed by atoms with Gasteiger partial charge in [-0.1, -0.05) is 12.1 Å². The van der Waals surface area contributed by atoms with Crippen LogP contribution in [0, 0.1) is 0 Å². The van der Waals surface area contributed by atoms with E-state index in [2.05, 4.69) is 0 Å². The molecule has 0 spiro atoms. The molecular weight excluding hydrogens is 307 g/mol. The Kier molecular flexibility index (Phi) is 5.26. The van der Waals surface area contributed by atoms with Gasteiger partial charge in [-0.15, -0.1) is 23.5 Å². The second-order valence-electron chi connectivity index (χ2n) is 4.35. The van der Waals surface area contributed by atoms with E-state index in [1.165, 1.54) is 6.42 Å². The van der Waals surface area contributed by atoms with Gasteiger partial charge in [-0.05, 0) is 35.6 Å². The zero-order chi connectivity index (χ0) is 14.6.